The third-order valence-electron chi connectivity index (χ3n) is 2.29. The Morgan fingerprint density at radius 2 is 2.06 bits per heavy atom. The first-order valence-electron chi connectivity index (χ1n) is 4.88. The molecule has 0 spiro atoms. The molecule has 17 heavy (non-hydrogen) atoms. The summed E-state index contributed by atoms with van der Waals surface area (Å²) in [5.74, 6) is -0.207. The minimum Gasteiger partial charge on any atom is -0.457 e. The Bertz CT molecular complexity index is 563. The molecule has 1 heterocycles. The summed E-state index contributed by atoms with van der Waals surface area (Å²) in [4.78, 5) is 11.9. The highest BCUT2D eigenvalue weighted by atomic mass is 79.9. The summed E-state index contributed by atoms with van der Waals surface area (Å²) in [6, 6.07) is 7.26. The van der Waals surface area contributed by atoms with Crippen molar-refractivity contribution in [2.45, 2.75) is 6.92 Å². The topological polar surface area (TPSA) is 42.2 Å². The molecule has 0 fully saturated rings. The molecule has 3 nitrogen and oxygen atoms in total. The number of carbonyl (C=O) groups is 1. The molecule has 1 N–H and O–H groups in total. The molecule has 88 valence electrons. The van der Waals surface area contributed by atoms with Gasteiger partial charge < -0.3 is 9.73 Å². The highest BCUT2D eigenvalue weighted by Crippen LogP contribution is 2.23. The van der Waals surface area contributed by atoms with E-state index in [9.17, 15) is 4.79 Å². The molecule has 0 radical (unpaired) electrons. The molecule has 0 atom stereocenters. The van der Waals surface area contributed by atoms with E-state index in [0.29, 0.717) is 10.2 Å². The maximum absolute atomic E-state index is 11.9. The molecule has 0 aliphatic carbocycles. The van der Waals surface area contributed by atoms with Crippen molar-refractivity contribution in [2.75, 3.05) is 5.32 Å². The zero-order valence-corrected chi connectivity index (χ0v) is 12.1. The average molecular weight is 359 g/mol. The van der Waals surface area contributed by atoms with Gasteiger partial charge in [-0.2, -0.15) is 0 Å². The van der Waals surface area contributed by atoms with Crippen LogP contribution in [0.25, 0.3) is 0 Å². The van der Waals surface area contributed by atoms with E-state index in [1.54, 1.807) is 6.07 Å². The Morgan fingerprint density at radius 3 is 2.65 bits per heavy atom. The molecule has 0 aliphatic rings. The third-order valence-corrected chi connectivity index (χ3v) is 3.76. The minimum atomic E-state index is -0.207. The van der Waals surface area contributed by atoms with Crippen LogP contribution in [0.15, 0.2) is 44.1 Å². The molecule has 0 unspecified atom stereocenters. The van der Waals surface area contributed by atoms with E-state index in [2.05, 4.69) is 37.2 Å². The Hall–Kier alpha value is -1.07. The van der Waals surface area contributed by atoms with Crippen molar-refractivity contribution >= 4 is 43.5 Å². The molecule has 2 rings (SSSR count). The molecule has 0 aliphatic heterocycles. The quantitative estimate of drug-likeness (QED) is 0.866. The summed E-state index contributed by atoms with van der Waals surface area (Å²) >= 11 is 6.59. The normalized spacial score (nSPS) is 10.3. The Morgan fingerprint density at radius 1 is 1.29 bits per heavy atom. The smallest absolute Gasteiger partial charge is 0.260 e. The van der Waals surface area contributed by atoms with Gasteiger partial charge in [-0.3, -0.25) is 4.79 Å². The molecule has 2 aromatic rings. The summed E-state index contributed by atoms with van der Waals surface area (Å²) in [5.41, 5.74) is 2.33. The zero-order valence-electron chi connectivity index (χ0n) is 8.96. The zero-order chi connectivity index (χ0) is 12.4. The summed E-state index contributed by atoms with van der Waals surface area (Å²) in [5, 5.41) is 2.79. The van der Waals surface area contributed by atoms with E-state index in [1.165, 1.54) is 6.26 Å². The summed E-state index contributed by atoms with van der Waals surface area (Å²) in [6.45, 7) is 1.99. The van der Waals surface area contributed by atoms with Gasteiger partial charge >= 0.3 is 0 Å². The van der Waals surface area contributed by atoms with Gasteiger partial charge in [-0.05, 0) is 46.6 Å². The number of rotatable bonds is 2. The molecule has 0 saturated heterocycles. The van der Waals surface area contributed by atoms with Gasteiger partial charge in [0.2, 0.25) is 0 Å². The number of aryl methyl sites for hydroxylation is 1. The van der Waals surface area contributed by atoms with Crippen LogP contribution >= 0.6 is 31.9 Å². The maximum Gasteiger partial charge on any atom is 0.260 e. The van der Waals surface area contributed by atoms with Gasteiger partial charge in [0, 0.05) is 10.2 Å². The van der Waals surface area contributed by atoms with Crippen molar-refractivity contribution in [2.24, 2.45) is 0 Å². The average Bonchev–Trinajstić information content (AvgIpc) is 2.70. The van der Waals surface area contributed by atoms with Crippen molar-refractivity contribution in [3.8, 4) is 0 Å². The van der Waals surface area contributed by atoms with E-state index in [4.69, 9.17) is 4.42 Å². The van der Waals surface area contributed by atoms with Gasteiger partial charge in [0.25, 0.3) is 5.91 Å². The van der Waals surface area contributed by atoms with E-state index >= 15 is 0 Å². The largest absolute Gasteiger partial charge is 0.457 e. The lowest BCUT2D eigenvalue weighted by atomic mass is 10.2. The second-order valence-corrected chi connectivity index (χ2v) is 5.10. The number of hydrogen-bond acceptors (Lipinski definition) is 2. The molecule has 0 saturated carbocycles. The summed E-state index contributed by atoms with van der Waals surface area (Å²) in [7, 11) is 0. The van der Waals surface area contributed by atoms with Crippen LogP contribution in [0.5, 0.6) is 0 Å². The molecule has 1 aromatic carbocycles. The number of hydrogen-bond donors (Lipinski definition) is 1. The lowest BCUT2D eigenvalue weighted by Gasteiger charge is -2.05. The monoisotopic (exact) mass is 357 g/mol. The fraction of sp³-hybridized carbons (Fsp3) is 0.0833. The Kier molecular flexibility index (Phi) is 3.69. The van der Waals surface area contributed by atoms with Gasteiger partial charge in [-0.25, -0.2) is 0 Å². The number of halogens is 2. The van der Waals surface area contributed by atoms with Crippen LogP contribution in [0.2, 0.25) is 0 Å². The van der Waals surface area contributed by atoms with Crippen LogP contribution in [-0.4, -0.2) is 5.91 Å². The summed E-state index contributed by atoms with van der Waals surface area (Å²) in [6.07, 6.45) is 1.46. The van der Waals surface area contributed by atoms with Gasteiger partial charge in [-0.15, -0.1) is 0 Å². The van der Waals surface area contributed by atoms with Crippen LogP contribution < -0.4 is 5.32 Å². The third kappa shape index (κ3) is 2.79. The molecular weight excluding hydrogens is 350 g/mol. The number of benzene rings is 1. The fourth-order valence-electron chi connectivity index (χ4n) is 1.32. The van der Waals surface area contributed by atoms with Crippen LogP contribution in [0.3, 0.4) is 0 Å². The number of carbonyl (C=O) groups excluding carboxylic acids is 1. The molecule has 1 aromatic heterocycles. The Balaban J connectivity index is 2.19. The minimum absolute atomic E-state index is 0.207. The number of anilines is 1. The second-order valence-electron chi connectivity index (χ2n) is 3.53. The highest BCUT2D eigenvalue weighted by molar-refractivity contribution is 9.10. The maximum atomic E-state index is 11.9. The fourth-order valence-corrected chi connectivity index (χ4v) is 2.12. The molecule has 1 amide bonds. The second kappa shape index (κ2) is 5.06. The van der Waals surface area contributed by atoms with Crippen LogP contribution in [0, 0.1) is 6.92 Å². The molecule has 5 heteroatoms. The van der Waals surface area contributed by atoms with Crippen molar-refractivity contribution in [1.29, 1.82) is 0 Å². The van der Waals surface area contributed by atoms with Gasteiger partial charge in [0.05, 0.1) is 11.8 Å². The van der Waals surface area contributed by atoms with Crippen LogP contribution in [-0.2, 0) is 0 Å². The first kappa shape index (κ1) is 12.4. The van der Waals surface area contributed by atoms with Crippen molar-refractivity contribution in [1.82, 2.24) is 0 Å². The van der Waals surface area contributed by atoms with E-state index in [1.807, 2.05) is 25.1 Å². The van der Waals surface area contributed by atoms with Crippen LogP contribution in [0.1, 0.15) is 15.9 Å². The highest BCUT2D eigenvalue weighted by Gasteiger charge is 2.12. The van der Waals surface area contributed by atoms with Crippen molar-refractivity contribution in [3.63, 3.8) is 0 Å². The SMILES string of the molecule is Cc1ccc(NC(=O)c2ccoc2Br)cc1Br. The first-order valence-corrected chi connectivity index (χ1v) is 6.47. The van der Waals surface area contributed by atoms with Crippen LogP contribution in [0.4, 0.5) is 5.69 Å². The van der Waals surface area contributed by atoms with Gasteiger partial charge in [0.15, 0.2) is 4.67 Å². The van der Waals surface area contributed by atoms with Crippen molar-refractivity contribution < 1.29 is 9.21 Å². The predicted octanol–water partition coefficient (Wildman–Crippen LogP) is 4.37. The number of amides is 1. The Labute approximate surface area is 115 Å². The molecular formula is C12H9Br2NO2. The predicted molar refractivity (Wildman–Crippen MR) is 73.2 cm³/mol. The lowest BCUT2D eigenvalue weighted by Crippen LogP contribution is -2.11. The summed E-state index contributed by atoms with van der Waals surface area (Å²) < 4.78 is 6.40. The van der Waals surface area contributed by atoms with Gasteiger partial charge in [0.1, 0.15) is 0 Å². The lowest BCUT2D eigenvalue weighted by molar-refractivity contribution is 0.102. The molecule has 0 bridgehead atoms. The van der Waals surface area contributed by atoms with E-state index < -0.39 is 0 Å². The van der Waals surface area contributed by atoms with Gasteiger partial charge in [-0.1, -0.05) is 22.0 Å². The number of nitrogens with one attached hydrogen (secondary N) is 1. The van der Waals surface area contributed by atoms with Crippen molar-refractivity contribution in [3.05, 3.63) is 50.8 Å². The number of furan rings is 1. The van der Waals surface area contributed by atoms with E-state index in [0.717, 1.165) is 15.7 Å². The first-order chi connectivity index (χ1) is 8.08. The standard InChI is InChI=1S/C12H9Br2NO2/c1-7-2-3-8(6-10(7)13)15-12(16)9-4-5-17-11(9)14/h2-6H,1H3,(H,15,16). The van der Waals surface area contributed by atoms with E-state index in [-0.39, 0.29) is 5.91 Å².